The van der Waals surface area contributed by atoms with Crippen LogP contribution in [0.4, 0.5) is 14.4 Å². The second-order valence-corrected chi connectivity index (χ2v) is 10.6. The molecule has 1 saturated carbocycles. The molecule has 1 fully saturated rings. The van der Waals surface area contributed by atoms with Crippen LogP contribution in [-0.2, 0) is 14.2 Å². The van der Waals surface area contributed by atoms with Gasteiger partial charge in [-0.3, -0.25) is 0 Å². The highest BCUT2D eigenvalue weighted by Gasteiger charge is 2.30. The first-order valence-electron chi connectivity index (χ1n) is 11.1. The molecule has 33 heavy (non-hydrogen) atoms. The zero-order chi connectivity index (χ0) is 25.3. The van der Waals surface area contributed by atoms with E-state index in [0.717, 1.165) is 25.7 Å². The summed E-state index contributed by atoms with van der Waals surface area (Å²) in [6.45, 7) is 14.0. The fourth-order valence-corrected chi connectivity index (χ4v) is 3.30. The third-order valence-electron chi connectivity index (χ3n) is 4.41. The highest BCUT2D eigenvalue weighted by Crippen LogP contribution is 2.33. The van der Waals surface area contributed by atoms with E-state index in [1.807, 2.05) is 19.9 Å². The molecule has 0 aliphatic heterocycles. The van der Waals surface area contributed by atoms with E-state index in [9.17, 15) is 14.4 Å². The molecule has 0 atom stereocenters. The molecule has 1 aliphatic carbocycles. The molecular formula is C23H36N4O6. The van der Waals surface area contributed by atoms with Crippen molar-refractivity contribution in [3.05, 3.63) is 0 Å². The molecule has 0 heterocycles. The van der Waals surface area contributed by atoms with Gasteiger partial charge in [-0.2, -0.15) is 0 Å². The third-order valence-corrected chi connectivity index (χ3v) is 4.41. The molecule has 0 saturated heterocycles. The maximum Gasteiger partial charge on any atom is 0.443 e. The molecule has 3 amide bonds. The van der Waals surface area contributed by atoms with Crippen molar-refractivity contribution in [1.29, 1.82) is 0 Å². The predicted octanol–water partition coefficient (Wildman–Crippen LogP) is 6.07. The zero-order valence-electron chi connectivity index (χ0n) is 20.9. The molecule has 0 N–H and O–H groups in total. The van der Waals surface area contributed by atoms with Gasteiger partial charge in [0.05, 0.1) is 6.04 Å². The number of carbonyl (C=O) groups excluding carboxylic acids is 3. The molecule has 0 spiro atoms. The first-order valence-corrected chi connectivity index (χ1v) is 11.1. The lowest BCUT2D eigenvalue weighted by Gasteiger charge is -2.32. The molecule has 184 valence electrons. The Kier molecular flexibility index (Phi) is 10.1. The van der Waals surface area contributed by atoms with Gasteiger partial charge in [0.15, 0.2) is 0 Å². The van der Waals surface area contributed by atoms with Gasteiger partial charge in [-0.05, 0) is 93.4 Å². The lowest BCUT2D eigenvalue weighted by molar-refractivity contribution is 0.0217. The quantitative estimate of drug-likeness (QED) is 0.367. The van der Waals surface area contributed by atoms with Gasteiger partial charge < -0.3 is 14.2 Å². The average Bonchev–Trinajstić information content (AvgIpc) is 2.59. The summed E-state index contributed by atoms with van der Waals surface area (Å²) in [5.41, 5.74) is -2.04. The van der Waals surface area contributed by atoms with E-state index in [1.165, 1.54) is 0 Å². The van der Waals surface area contributed by atoms with Crippen molar-refractivity contribution in [2.75, 3.05) is 0 Å². The maximum atomic E-state index is 11.9. The highest BCUT2D eigenvalue weighted by atomic mass is 16.6. The maximum absolute atomic E-state index is 11.9. The van der Waals surface area contributed by atoms with Gasteiger partial charge in [0.1, 0.15) is 28.8 Å². The largest absolute Gasteiger partial charge is 0.443 e. The van der Waals surface area contributed by atoms with Crippen LogP contribution in [0.3, 0.4) is 0 Å². The van der Waals surface area contributed by atoms with E-state index in [4.69, 9.17) is 14.2 Å². The fraction of sp³-hybridized carbons (Fsp3) is 0.783. The minimum absolute atomic E-state index is 0.0479. The Balaban J connectivity index is 2.48. The number of rotatable bonds is 4. The van der Waals surface area contributed by atoms with E-state index in [0.29, 0.717) is 12.3 Å². The van der Waals surface area contributed by atoms with Crippen molar-refractivity contribution in [2.24, 2.45) is 25.9 Å². The van der Waals surface area contributed by atoms with Crippen molar-refractivity contribution in [3.63, 3.8) is 0 Å². The SMILES string of the molecule is CC(C)(C)OC(=O)N=C=NC(=O)OC(C)(C)CC1CCC(N=C=NC(=O)OC(C)(C)C)CC1. The summed E-state index contributed by atoms with van der Waals surface area (Å²) in [6, 6.07) is 4.52. The van der Waals surface area contributed by atoms with E-state index in [-0.39, 0.29) is 6.04 Å². The minimum Gasteiger partial charge on any atom is -0.442 e. The molecule has 0 unspecified atom stereocenters. The number of aliphatic imine (C=N–C) groups is 4. The topological polar surface area (TPSA) is 128 Å². The van der Waals surface area contributed by atoms with Crippen LogP contribution in [0, 0.1) is 5.92 Å². The van der Waals surface area contributed by atoms with Gasteiger partial charge >= 0.3 is 18.3 Å². The lowest BCUT2D eigenvalue weighted by Crippen LogP contribution is -2.31. The summed E-state index contributed by atoms with van der Waals surface area (Å²) >= 11 is 0. The van der Waals surface area contributed by atoms with Gasteiger partial charge in [0.2, 0.25) is 0 Å². The van der Waals surface area contributed by atoms with Crippen LogP contribution in [0.25, 0.3) is 0 Å². The Hall–Kier alpha value is -2.83. The van der Waals surface area contributed by atoms with E-state index in [2.05, 4.69) is 26.0 Å². The first kappa shape index (κ1) is 28.2. The van der Waals surface area contributed by atoms with Gasteiger partial charge in [0, 0.05) is 0 Å². The van der Waals surface area contributed by atoms with Crippen LogP contribution in [0.5, 0.6) is 0 Å². The third kappa shape index (κ3) is 14.0. The van der Waals surface area contributed by atoms with Crippen molar-refractivity contribution in [2.45, 2.75) is 110 Å². The van der Waals surface area contributed by atoms with Crippen LogP contribution >= 0.6 is 0 Å². The number of amides is 3. The average molecular weight is 465 g/mol. The molecule has 1 aliphatic rings. The molecule has 0 aromatic rings. The monoisotopic (exact) mass is 464 g/mol. The Bertz CT molecular complexity index is 830. The molecule has 0 aromatic heterocycles. The highest BCUT2D eigenvalue weighted by molar-refractivity contribution is 5.81. The van der Waals surface area contributed by atoms with Gasteiger partial charge in [0.25, 0.3) is 0 Å². The number of hydrogen-bond acceptors (Lipinski definition) is 7. The standard InChI is InChI=1S/C23H36N4O6/c1-21(2,3)31-18(28)25-14-24-17-11-9-16(10-12-17)13-23(7,8)33-20(30)27-15-26-19(29)32-22(4,5)6/h16-17H,9-13H2,1-8H3. The van der Waals surface area contributed by atoms with Crippen molar-refractivity contribution in [3.8, 4) is 0 Å². The summed E-state index contributed by atoms with van der Waals surface area (Å²) < 4.78 is 15.4. The summed E-state index contributed by atoms with van der Waals surface area (Å²) in [7, 11) is 0. The van der Waals surface area contributed by atoms with Crippen molar-refractivity contribution >= 4 is 30.3 Å². The van der Waals surface area contributed by atoms with Crippen LogP contribution in [-0.4, -0.2) is 53.1 Å². The van der Waals surface area contributed by atoms with Crippen molar-refractivity contribution in [1.82, 2.24) is 0 Å². The molecule has 0 aromatic carbocycles. The first-order chi connectivity index (χ1) is 15.0. The Morgan fingerprint density at radius 3 is 1.58 bits per heavy atom. The van der Waals surface area contributed by atoms with Gasteiger partial charge in [-0.15, -0.1) is 15.0 Å². The molecule has 10 nitrogen and oxygen atoms in total. The molecule has 10 heteroatoms. The Labute approximate surface area is 195 Å². The lowest BCUT2D eigenvalue weighted by atomic mass is 9.80. The summed E-state index contributed by atoms with van der Waals surface area (Å²) in [5.74, 6) is 0.349. The smallest absolute Gasteiger partial charge is 0.442 e. The second kappa shape index (κ2) is 11.9. The van der Waals surface area contributed by atoms with Gasteiger partial charge in [-0.1, -0.05) is 0 Å². The van der Waals surface area contributed by atoms with Crippen LogP contribution < -0.4 is 0 Å². The summed E-state index contributed by atoms with van der Waals surface area (Å²) in [5, 5.41) is 0. The van der Waals surface area contributed by atoms with Crippen LogP contribution in [0.15, 0.2) is 20.0 Å². The zero-order valence-corrected chi connectivity index (χ0v) is 20.9. The molecule has 0 radical (unpaired) electrons. The minimum atomic E-state index is -0.881. The summed E-state index contributed by atoms with van der Waals surface area (Å²) in [4.78, 5) is 49.5. The summed E-state index contributed by atoms with van der Waals surface area (Å²) in [6.07, 6.45) is 1.64. The number of carbonyl (C=O) groups is 3. The number of nitrogens with zero attached hydrogens (tertiary/aromatic N) is 4. The van der Waals surface area contributed by atoms with Crippen LogP contribution in [0.2, 0.25) is 0 Å². The van der Waals surface area contributed by atoms with Crippen LogP contribution in [0.1, 0.15) is 87.5 Å². The number of ether oxygens (including phenoxy) is 3. The normalized spacial score (nSPS) is 18.7. The molecular weight excluding hydrogens is 428 g/mol. The van der Waals surface area contributed by atoms with E-state index >= 15 is 0 Å². The van der Waals surface area contributed by atoms with Gasteiger partial charge in [-0.25, -0.2) is 19.4 Å². The van der Waals surface area contributed by atoms with Crippen molar-refractivity contribution < 1.29 is 28.6 Å². The molecule has 1 rings (SSSR count). The Morgan fingerprint density at radius 2 is 1.12 bits per heavy atom. The van der Waals surface area contributed by atoms with E-state index < -0.39 is 35.1 Å². The number of hydrogen-bond donors (Lipinski definition) is 0. The Morgan fingerprint density at radius 1 is 0.697 bits per heavy atom. The second-order valence-electron chi connectivity index (χ2n) is 10.6. The molecule has 0 bridgehead atoms. The van der Waals surface area contributed by atoms with E-state index in [1.54, 1.807) is 41.5 Å². The fourth-order valence-electron chi connectivity index (χ4n) is 3.30. The predicted molar refractivity (Wildman–Crippen MR) is 123 cm³/mol.